The smallest absolute Gasteiger partial charge is 0.378 e. The highest BCUT2D eigenvalue weighted by atomic mass is 79.9. The van der Waals surface area contributed by atoms with Crippen LogP contribution in [0.1, 0.15) is 0 Å². The molecule has 0 bridgehead atoms. The second-order valence-corrected chi connectivity index (χ2v) is 3.00. The Bertz CT molecular complexity index is 132. The molecule has 3 nitrogen and oxygen atoms in total. The molecule has 0 aliphatic rings. The van der Waals surface area contributed by atoms with Crippen LogP contribution in [0, 0.1) is 0 Å². The van der Waals surface area contributed by atoms with Crippen LogP contribution in [-0.4, -0.2) is 44.7 Å². The van der Waals surface area contributed by atoms with E-state index in [0.717, 1.165) is 5.33 Å². The van der Waals surface area contributed by atoms with Crippen LogP contribution in [-0.2, 0) is 14.2 Å². The van der Waals surface area contributed by atoms with Crippen molar-refractivity contribution in [2.45, 2.75) is 6.36 Å². The molecule has 0 saturated carbocycles. The first-order valence-corrected chi connectivity index (χ1v) is 5.10. The molecule has 0 N–H and O–H groups in total. The minimum Gasteiger partial charge on any atom is -0.378 e. The summed E-state index contributed by atoms with van der Waals surface area (Å²) in [7, 11) is 0. The summed E-state index contributed by atoms with van der Waals surface area (Å²) in [5, 5.41) is 0.726. The van der Waals surface area contributed by atoms with Crippen LogP contribution < -0.4 is 0 Å². The highest BCUT2D eigenvalue weighted by molar-refractivity contribution is 9.09. The van der Waals surface area contributed by atoms with Crippen LogP contribution in [0.3, 0.4) is 0 Å². The molecule has 7 heteroatoms. The van der Waals surface area contributed by atoms with Crippen molar-refractivity contribution in [1.82, 2.24) is 0 Å². The zero-order valence-corrected chi connectivity index (χ0v) is 9.07. The number of hydrogen-bond acceptors (Lipinski definition) is 3. The van der Waals surface area contributed by atoms with Gasteiger partial charge in [0.25, 0.3) is 0 Å². The molecule has 0 rings (SSSR count). The summed E-state index contributed by atoms with van der Waals surface area (Å²) >= 11 is 3.15. The van der Waals surface area contributed by atoms with E-state index in [2.05, 4.69) is 20.7 Å². The van der Waals surface area contributed by atoms with Gasteiger partial charge >= 0.3 is 6.36 Å². The molecule has 0 heterocycles. The van der Waals surface area contributed by atoms with Gasteiger partial charge < -0.3 is 9.47 Å². The maximum Gasteiger partial charge on any atom is 0.522 e. The van der Waals surface area contributed by atoms with Crippen LogP contribution in [0.2, 0.25) is 0 Å². The van der Waals surface area contributed by atoms with Crippen LogP contribution >= 0.6 is 15.9 Å². The van der Waals surface area contributed by atoms with E-state index in [1.165, 1.54) is 0 Å². The van der Waals surface area contributed by atoms with E-state index in [0.29, 0.717) is 13.2 Å². The normalized spacial score (nSPS) is 12.0. The topological polar surface area (TPSA) is 27.7 Å². The fraction of sp³-hybridized carbons (Fsp3) is 1.00. The van der Waals surface area contributed by atoms with Crippen molar-refractivity contribution in [3.63, 3.8) is 0 Å². The number of alkyl halides is 4. The molecule has 0 amide bonds. The van der Waals surface area contributed by atoms with Gasteiger partial charge in [0.15, 0.2) is 0 Å². The molecule has 0 aliphatic heterocycles. The molecule has 0 spiro atoms. The zero-order valence-electron chi connectivity index (χ0n) is 7.48. The maximum absolute atomic E-state index is 11.4. The van der Waals surface area contributed by atoms with Crippen molar-refractivity contribution in [3.05, 3.63) is 0 Å². The van der Waals surface area contributed by atoms with Crippen molar-refractivity contribution < 1.29 is 27.4 Å². The van der Waals surface area contributed by atoms with E-state index >= 15 is 0 Å². The van der Waals surface area contributed by atoms with Gasteiger partial charge in [-0.1, -0.05) is 15.9 Å². The highest BCUT2D eigenvalue weighted by Gasteiger charge is 2.28. The Balaban J connectivity index is 2.99. The van der Waals surface area contributed by atoms with Crippen LogP contribution in [0.4, 0.5) is 13.2 Å². The first-order chi connectivity index (χ1) is 6.56. The lowest BCUT2D eigenvalue weighted by atomic mass is 10.7. The average molecular weight is 281 g/mol. The number of ether oxygens (including phenoxy) is 3. The van der Waals surface area contributed by atoms with Crippen LogP contribution in [0.25, 0.3) is 0 Å². The Morgan fingerprint density at radius 2 is 1.36 bits per heavy atom. The monoisotopic (exact) mass is 280 g/mol. The van der Waals surface area contributed by atoms with Gasteiger partial charge in [0.2, 0.25) is 0 Å². The third-order valence-corrected chi connectivity index (χ3v) is 1.41. The Kier molecular flexibility index (Phi) is 8.55. The van der Waals surface area contributed by atoms with Crippen molar-refractivity contribution in [1.29, 1.82) is 0 Å². The van der Waals surface area contributed by atoms with E-state index < -0.39 is 13.0 Å². The predicted molar refractivity (Wildman–Crippen MR) is 47.4 cm³/mol. The molecular formula is C7H12BrF3O3. The van der Waals surface area contributed by atoms with Gasteiger partial charge in [-0.15, -0.1) is 13.2 Å². The fourth-order valence-corrected chi connectivity index (χ4v) is 0.822. The summed E-state index contributed by atoms with van der Waals surface area (Å²) in [4.78, 5) is 0. The van der Waals surface area contributed by atoms with Gasteiger partial charge in [-0.25, -0.2) is 0 Å². The Hall–Kier alpha value is 0.150. The van der Waals surface area contributed by atoms with Gasteiger partial charge in [0.1, 0.15) is 0 Å². The summed E-state index contributed by atoms with van der Waals surface area (Å²) in [5.74, 6) is 0. The van der Waals surface area contributed by atoms with Crippen LogP contribution in [0.15, 0.2) is 0 Å². The van der Waals surface area contributed by atoms with Gasteiger partial charge in [-0.2, -0.15) is 0 Å². The van der Waals surface area contributed by atoms with E-state index in [9.17, 15) is 13.2 Å². The molecule has 0 aliphatic carbocycles. The third-order valence-electron chi connectivity index (χ3n) is 1.09. The molecule has 0 aromatic carbocycles. The highest BCUT2D eigenvalue weighted by Crippen LogP contribution is 2.15. The summed E-state index contributed by atoms with van der Waals surface area (Å²) in [6.07, 6.45) is -4.57. The van der Waals surface area contributed by atoms with E-state index in [-0.39, 0.29) is 13.2 Å². The Labute approximate surface area is 88.6 Å². The van der Waals surface area contributed by atoms with E-state index in [1.807, 2.05) is 0 Å². The summed E-state index contributed by atoms with van der Waals surface area (Å²) < 4.78 is 47.6. The second kappa shape index (κ2) is 8.46. The summed E-state index contributed by atoms with van der Waals surface area (Å²) in [6.45, 7) is 0.632. The first kappa shape index (κ1) is 14.2. The lowest BCUT2D eigenvalue weighted by Crippen LogP contribution is -2.18. The quantitative estimate of drug-likeness (QED) is 0.503. The van der Waals surface area contributed by atoms with E-state index in [1.54, 1.807) is 0 Å². The van der Waals surface area contributed by atoms with Gasteiger partial charge in [0, 0.05) is 5.33 Å². The largest absolute Gasteiger partial charge is 0.522 e. The molecular weight excluding hydrogens is 269 g/mol. The molecule has 86 valence electrons. The number of hydrogen-bond donors (Lipinski definition) is 0. The Morgan fingerprint density at radius 3 is 1.86 bits per heavy atom. The number of rotatable bonds is 8. The lowest BCUT2D eigenvalue weighted by molar-refractivity contribution is -0.327. The molecule has 0 unspecified atom stereocenters. The van der Waals surface area contributed by atoms with Crippen molar-refractivity contribution in [2.75, 3.05) is 38.4 Å². The third kappa shape index (κ3) is 12.2. The minimum atomic E-state index is -4.57. The predicted octanol–water partition coefficient (Wildman–Crippen LogP) is 1.95. The first-order valence-electron chi connectivity index (χ1n) is 3.98. The second-order valence-electron chi connectivity index (χ2n) is 2.21. The fourth-order valence-electron chi connectivity index (χ4n) is 0.593. The SMILES string of the molecule is FC(F)(F)OCCOCCOCCBr. The lowest BCUT2D eigenvalue weighted by Gasteiger charge is -2.07. The van der Waals surface area contributed by atoms with Gasteiger partial charge in [-0.05, 0) is 0 Å². The zero-order chi connectivity index (χ0) is 10.9. The molecule has 0 aromatic heterocycles. The molecule has 0 radical (unpaired) electrons. The van der Waals surface area contributed by atoms with E-state index in [4.69, 9.17) is 9.47 Å². The van der Waals surface area contributed by atoms with Gasteiger partial charge in [-0.3, -0.25) is 4.74 Å². The number of halogens is 4. The standard InChI is InChI=1S/C7H12BrF3O3/c8-1-2-12-3-4-13-5-6-14-7(9,10)11/h1-6H2. The Morgan fingerprint density at radius 1 is 0.857 bits per heavy atom. The minimum absolute atomic E-state index is 0.0861. The van der Waals surface area contributed by atoms with Crippen molar-refractivity contribution in [3.8, 4) is 0 Å². The molecule has 0 atom stereocenters. The molecule has 0 saturated heterocycles. The maximum atomic E-state index is 11.4. The van der Waals surface area contributed by atoms with Gasteiger partial charge in [0.05, 0.1) is 33.0 Å². The summed E-state index contributed by atoms with van der Waals surface area (Å²) in [5.41, 5.74) is 0. The average Bonchev–Trinajstić information content (AvgIpc) is 2.08. The van der Waals surface area contributed by atoms with Crippen LogP contribution in [0.5, 0.6) is 0 Å². The molecule has 14 heavy (non-hydrogen) atoms. The molecule has 0 aromatic rings. The van der Waals surface area contributed by atoms with Crippen molar-refractivity contribution in [2.24, 2.45) is 0 Å². The summed E-state index contributed by atoms with van der Waals surface area (Å²) in [6, 6.07) is 0. The molecule has 0 fully saturated rings. The van der Waals surface area contributed by atoms with Crippen molar-refractivity contribution >= 4 is 15.9 Å².